The van der Waals surface area contributed by atoms with E-state index in [1.807, 2.05) is 37.3 Å². The largest absolute Gasteiger partial charge is 0.493 e. The van der Waals surface area contributed by atoms with E-state index in [1.165, 1.54) is 33.5 Å². The number of benzene rings is 3. The summed E-state index contributed by atoms with van der Waals surface area (Å²) in [5.74, 6) is -1.90. The molecular weight excluding hydrogens is 469 g/mol. The highest BCUT2D eigenvalue weighted by Crippen LogP contribution is 2.39. The van der Waals surface area contributed by atoms with Gasteiger partial charge in [-0.15, -0.1) is 0 Å². The van der Waals surface area contributed by atoms with Gasteiger partial charge in [-0.3, -0.25) is 4.79 Å². The Hall–Kier alpha value is -4.27. The fourth-order valence-corrected chi connectivity index (χ4v) is 3.82. The summed E-state index contributed by atoms with van der Waals surface area (Å²) >= 11 is 0. The highest BCUT2D eigenvalue weighted by molar-refractivity contribution is 5.91. The number of hydrogen-bond acceptors (Lipinski definition) is 6. The number of para-hydroxylation sites is 1. The third-order valence-corrected chi connectivity index (χ3v) is 5.68. The van der Waals surface area contributed by atoms with E-state index in [9.17, 15) is 19.1 Å². The number of amides is 1. The van der Waals surface area contributed by atoms with Crippen molar-refractivity contribution < 1.29 is 38.0 Å². The molecule has 0 saturated heterocycles. The van der Waals surface area contributed by atoms with Gasteiger partial charge in [-0.2, -0.15) is 0 Å². The number of carbonyl (C=O) groups excluding carboxylic acids is 1. The van der Waals surface area contributed by atoms with Crippen molar-refractivity contribution in [3.05, 3.63) is 83.2 Å². The molecule has 0 bridgehead atoms. The molecule has 0 aliphatic carbocycles. The van der Waals surface area contributed by atoms with Crippen molar-refractivity contribution in [3.63, 3.8) is 0 Å². The molecule has 1 atom stereocenters. The summed E-state index contributed by atoms with van der Waals surface area (Å²) in [7, 11) is 4.50. The van der Waals surface area contributed by atoms with Crippen LogP contribution in [0.4, 0.5) is 4.39 Å². The zero-order valence-electron chi connectivity index (χ0n) is 20.5. The van der Waals surface area contributed by atoms with Gasteiger partial charge in [0.05, 0.1) is 27.4 Å². The van der Waals surface area contributed by atoms with E-state index in [4.69, 9.17) is 18.9 Å². The molecular formula is C27H28FNO7. The van der Waals surface area contributed by atoms with Crippen LogP contribution in [0.3, 0.4) is 0 Å². The summed E-state index contributed by atoms with van der Waals surface area (Å²) in [6, 6.07) is 16.0. The van der Waals surface area contributed by atoms with Gasteiger partial charge in [0.15, 0.2) is 29.7 Å². The van der Waals surface area contributed by atoms with Crippen molar-refractivity contribution in [3.8, 4) is 23.0 Å². The third kappa shape index (κ3) is 5.86. The topological polar surface area (TPSA) is 94.5 Å². The molecule has 36 heavy (non-hydrogen) atoms. The molecule has 9 heteroatoms. The fourth-order valence-electron chi connectivity index (χ4n) is 3.82. The predicted molar refractivity (Wildman–Crippen MR) is 130 cm³/mol. The lowest BCUT2D eigenvalue weighted by Gasteiger charge is -2.30. The maximum Gasteiger partial charge on any atom is 0.339 e. The van der Waals surface area contributed by atoms with Gasteiger partial charge in [0, 0.05) is 6.54 Å². The maximum absolute atomic E-state index is 14.3. The summed E-state index contributed by atoms with van der Waals surface area (Å²) < 4.78 is 36.0. The van der Waals surface area contributed by atoms with Crippen molar-refractivity contribution in [1.82, 2.24) is 4.90 Å². The highest BCUT2D eigenvalue weighted by atomic mass is 19.1. The van der Waals surface area contributed by atoms with Crippen molar-refractivity contribution in [2.45, 2.75) is 19.5 Å². The van der Waals surface area contributed by atoms with E-state index < -0.39 is 30.1 Å². The van der Waals surface area contributed by atoms with E-state index >= 15 is 0 Å². The number of carboxylic acid groups (broad SMARTS) is 1. The zero-order chi connectivity index (χ0) is 26.2. The van der Waals surface area contributed by atoms with Gasteiger partial charge < -0.3 is 29.0 Å². The van der Waals surface area contributed by atoms with Gasteiger partial charge in [-0.05, 0) is 42.3 Å². The Morgan fingerprint density at radius 1 is 0.917 bits per heavy atom. The van der Waals surface area contributed by atoms with Crippen molar-refractivity contribution in [2.24, 2.45) is 0 Å². The van der Waals surface area contributed by atoms with Crippen LogP contribution in [-0.2, 0) is 11.3 Å². The second-order valence-corrected chi connectivity index (χ2v) is 7.85. The van der Waals surface area contributed by atoms with E-state index in [0.717, 1.165) is 11.6 Å². The minimum atomic E-state index is -1.36. The summed E-state index contributed by atoms with van der Waals surface area (Å²) in [4.78, 5) is 26.4. The summed E-state index contributed by atoms with van der Waals surface area (Å²) in [5, 5.41) is 9.36. The van der Waals surface area contributed by atoms with E-state index in [2.05, 4.69) is 0 Å². The minimum absolute atomic E-state index is 0.137. The molecule has 0 radical (unpaired) electrons. The Bertz CT molecular complexity index is 1190. The smallest absolute Gasteiger partial charge is 0.339 e. The molecule has 0 saturated carbocycles. The lowest BCUT2D eigenvalue weighted by Crippen LogP contribution is -2.36. The third-order valence-electron chi connectivity index (χ3n) is 5.68. The number of ether oxygens (including phenoxy) is 4. The van der Waals surface area contributed by atoms with Crippen molar-refractivity contribution in [1.29, 1.82) is 0 Å². The summed E-state index contributed by atoms with van der Waals surface area (Å²) in [6.45, 7) is 1.43. The maximum atomic E-state index is 14.3. The Kier molecular flexibility index (Phi) is 8.72. The first kappa shape index (κ1) is 26.3. The molecule has 190 valence electrons. The molecule has 1 N–H and O–H groups in total. The molecule has 3 aromatic rings. The quantitative estimate of drug-likeness (QED) is 0.410. The molecule has 0 heterocycles. The Labute approximate surface area is 208 Å². The predicted octanol–water partition coefficient (Wildman–Crippen LogP) is 4.72. The number of carboxylic acids is 1. The lowest BCUT2D eigenvalue weighted by molar-refractivity contribution is -0.136. The second-order valence-electron chi connectivity index (χ2n) is 7.85. The van der Waals surface area contributed by atoms with Crippen LogP contribution >= 0.6 is 0 Å². The number of hydrogen-bond donors (Lipinski definition) is 1. The van der Waals surface area contributed by atoms with Gasteiger partial charge in [0.2, 0.25) is 5.75 Å². The average Bonchev–Trinajstić information content (AvgIpc) is 2.89. The first-order valence-corrected chi connectivity index (χ1v) is 11.1. The molecule has 1 amide bonds. The van der Waals surface area contributed by atoms with Crippen LogP contribution in [0.15, 0.2) is 60.7 Å². The SMILES string of the molecule is COc1cc(CN(C(=O)COc2c(F)cccc2C(=O)O)[C@@H](C)c2ccccc2)cc(OC)c1OC. The molecule has 0 unspecified atom stereocenters. The highest BCUT2D eigenvalue weighted by Gasteiger charge is 2.25. The normalized spacial score (nSPS) is 11.4. The van der Waals surface area contributed by atoms with Crippen LogP contribution < -0.4 is 18.9 Å². The minimum Gasteiger partial charge on any atom is -0.493 e. The number of nitrogens with zero attached hydrogens (tertiary/aromatic N) is 1. The Morgan fingerprint density at radius 3 is 2.11 bits per heavy atom. The second kappa shape index (κ2) is 11.9. The van der Waals surface area contributed by atoms with E-state index in [0.29, 0.717) is 22.8 Å². The number of halogens is 1. The Morgan fingerprint density at radius 2 is 1.56 bits per heavy atom. The fraction of sp³-hybridized carbons (Fsp3) is 0.259. The summed E-state index contributed by atoms with van der Waals surface area (Å²) in [6.07, 6.45) is 0. The molecule has 3 aromatic carbocycles. The molecule has 0 aliphatic rings. The Balaban J connectivity index is 1.94. The van der Waals surface area contributed by atoms with E-state index in [-0.39, 0.29) is 18.2 Å². The molecule has 8 nitrogen and oxygen atoms in total. The van der Waals surface area contributed by atoms with Crippen LogP contribution in [0.5, 0.6) is 23.0 Å². The molecule has 0 aliphatic heterocycles. The molecule has 0 aromatic heterocycles. The standard InChI is InChI=1S/C27H28FNO7/c1-17(19-9-6-5-7-10-19)29(15-18-13-22(33-2)26(35-4)23(14-18)34-3)24(30)16-36-25-20(27(31)32)11-8-12-21(25)28/h5-14,17H,15-16H2,1-4H3,(H,31,32)/t17-/m0/s1. The van der Waals surface area contributed by atoms with Gasteiger partial charge in [-0.25, -0.2) is 9.18 Å². The number of rotatable bonds is 11. The van der Waals surface area contributed by atoms with Gasteiger partial charge in [0.1, 0.15) is 5.56 Å². The number of aromatic carboxylic acids is 1. The monoisotopic (exact) mass is 497 g/mol. The number of carbonyl (C=O) groups is 2. The van der Waals surface area contributed by atoms with Gasteiger partial charge in [0.25, 0.3) is 5.91 Å². The van der Waals surface area contributed by atoms with Crippen molar-refractivity contribution in [2.75, 3.05) is 27.9 Å². The van der Waals surface area contributed by atoms with Crippen LogP contribution in [-0.4, -0.2) is 49.8 Å². The van der Waals surface area contributed by atoms with Crippen LogP contribution in [0, 0.1) is 5.82 Å². The van der Waals surface area contributed by atoms with Gasteiger partial charge >= 0.3 is 5.97 Å². The molecule has 3 rings (SSSR count). The first-order chi connectivity index (χ1) is 17.3. The molecule has 0 spiro atoms. The van der Waals surface area contributed by atoms with Crippen molar-refractivity contribution >= 4 is 11.9 Å². The van der Waals surface area contributed by atoms with Gasteiger partial charge in [-0.1, -0.05) is 36.4 Å². The van der Waals surface area contributed by atoms with E-state index in [1.54, 1.807) is 17.0 Å². The molecule has 0 fully saturated rings. The van der Waals surface area contributed by atoms with Crippen LogP contribution in [0.1, 0.15) is 34.5 Å². The first-order valence-electron chi connectivity index (χ1n) is 11.1. The van der Waals surface area contributed by atoms with Crippen LogP contribution in [0.25, 0.3) is 0 Å². The lowest BCUT2D eigenvalue weighted by atomic mass is 10.1. The average molecular weight is 498 g/mol. The zero-order valence-corrected chi connectivity index (χ0v) is 20.5. The summed E-state index contributed by atoms with van der Waals surface area (Å²) in [5.41, 5.74) is 1.20. The number of methoxy groups -OCH3 is 3. The van der Waals surface area contributed by atoms with Crippen LogP contribution in [0.2, 0.25) is 0 Å².